The van der Waals surface area contributed by atoms with Gasteiger partial charge in [-0.3, -0.25) is 10.2 Å². The fourth-order valence-electron chi connectivity index (χ4n) is 2.09. The van der Waals surface area contributed by atoms with E-state index >= 15 is 0 Å². The van der Waals surface area contributed by atoms with Crippen LogP contribution in [0.2, 0.25) is 0 Å². The van der Waals surface area contributed by atoms with Crippen LogP contribution in [0.1, 0.15) is 0 Å². The van der Waals surface area contributed by atoms with Gasteiger partial charge < -0.3 is 20.4 Å². The fourth-order valence-corrected chi connectivity index (χ4v) is 2.09. The number of carboxylic acid groups (broad SMARTS) is 1. The maximum atomic E-state index is 11.0. The first-order valence-corrected chi connectivity index (χ1v) is 6.50. The molecule has 1 aromatic carbocycles. The smallest absolute Gasteiger partial charge is 0.344 e. The summed E-state index contributed by atoms with van der Waals surface area (Å²) in [7, 11) is 0. The minimum atomic E-state index is -1.16. The monoisotopic (exact) mass is 315 g/mol. The number of imidazole rings is 1. The van der Waals surface area contributed by atoms with E-state index in [4.69, 9.17) is 15.2 Å². The van der Waals surface area contributed by atoms with Gasteiger partial charge in [-0.05, 0) is 30.3 Å². The van der Waals surface area contributed by atoms with Crippen molar-refractivity contribution < 1.29 is 19.9 Å². The second kappa shape index (κ2) is 5.91. The lowest BCUT2D eigenvalue weighted by atomic mass is 10.3. The maximum Gasteiger partial charge on any atom is 0.344 e. The largest absolute Gasteiger partial charge is 0.733 e. The van der Waals surface area contributed by atoms with Crippen molar-refractivity contribution in [3.63, 3.8) is 0 Å². The SMILES string of the molecule is O=C(O)COn1c(-c2cccnc2)nc2ccc(N([O-])O)cc21. The lowest BCUT2D eigenvalue weighted by molar-refractivity contribution is -0.142. The summed E-state index contributed by atoms with van der Waals surface area (Å²) in [6.45, 7) is -0.594. The Morgan fingerprint density at radius 2 is 2.22 bits per heavy atom. The van der Waals surface area contributed by atoms with Crippen molar-refractivity contribution in [1.29, 1.82) is 0 Å². The van der Waals surface area contributed by atoms with E-state index in [9.17, 15) is 10.0 Å². The number of carbonyl (C=O) groups is 1. The highest BCUT2D eigenvalue weighted by Crippen LogP contribution is 2.26. The first kappa shape index (κ1) is 14.8. The predicted octanol–water partition coefficient (Wildman–Crippen LogP) is 1.30. The highest BCUT2D eigenvalue weighted by Gasteiger charge is 2.15. The van der Waals surface area contributed by atoms with Crippen LogP contribution in [-0.2, 0) is 4.79 Å². The lowest BCUT2D eigenvalue weighted by Crippen LogP contribution is -2.20. The van der Waals surface area contributed by atoms with Crippen molar-refractivity contribution in [2.75, 3.05) is 11.8 Å². The molecule has 9 nitrogen and oxygen atoms in total. The molecule has 118 valence electrons. The summed E-state index contributed by atoms with van der Waals surface area (Å²) >= 11 is 0. The zero-order valence-corrected chi connectivity index (χ0v) is 11.7. The van der Waals surface area contributed by atoms with Crippen LogP contribution in [0.4, 0.5) is 5.69 Å². The van der Waals surface area contributed by atoms with Crippen molar-refractivity contribution in [1.82, 2.24) is 14.7 Å². The average molecular weight is 315 g/mol. The molecular formula is C14H11N4O5-. The van der Waals surface area contributed by atoms with Crippen molar-refractivity contribution in [2.24, 2.45) is 0 Å². The van der Waals surface area contributed by atoms with Gasteiger partial charge in [-0.1, -0.05) is 0 Å². The molecule has 0 bridgehead atoms. The molecule has 2 aromatic heterocycles. The predicted molar refractivity (Wildman–Crippen MR) is 79.7 cm³/mol. The number of aromatic nitrogens is 3. The van der Waals surface area contributed by atoms with Gasteiger partial charge in [0.25, 0.3) is 0 Å². The number of carboxylic acids is 1. The van der Waals surface area contributed by atoms with Crippen LogP contribution in [-0.4, -0.2) is 37.6 Å². The quantitative estimate of drug-likeness (QED) is 0.675. The van der Waals surface area contributed by atoms with Crippen LogP contribution in [0.3, 0.4) is 0 Å². The molecule has 3 rings (SSSR count). The van der Waals surface area contributed by atoms with E-state index < -0.39 is 12.6 Å². The fraction of sp³-hybridized carbons (Fsp3) is 0.0714. The Labute approximate surface area is 129 Å². The van der Waals surface area contributed by atoms with Crippen LogP contribution in [0.5, 0.6) is 0 Å². The van der Waals surface area contributed by atoms with Crippen LogP contribution < -0.4 is 10.1 Å². The molecule has 0 atom stereocenters. The van der Waals surface area contributed by atoms with E-state index in [1.807, 2.05) is 0 Å². The Bertz CT molecular complexity index is 847. The molecule has 9 heteroatoms. The van der Waals surface area contributed by atoms with Crippen molar-refractivity contribution in [3.05, 3.63) is 47.9 Å². The van der Waals surface area contributed by atoms with E-state index in [-0.39, 0.29) is 10.9 Å². The molecule has 0 unspecified atom stereocenters. The molecule has 2 heterocycles. The van der Waals surface area contributed by atoms with E-state index in [0.29, 0.717) is 22.4 Å². The van der Waals surface area contributed by atoms with E-state index in [0.717, 1.165) is 0 Å². The molecule has 0 aliphatic rings. The molecule has 0 radical (unpaired) electrons. The summed E-state index contributed by atoms with van der Waals surface area (Å²) in [5.74, 6) is -0.824. The lowest BCUT2D eigenvalue weighted by Gasteiger charge is -2.21. The van der Waals surface area contributed by atoms with Crippen LogP contribution in [0.25, 0.3) is 22.4 Å². The second-order valence-corrected chi connectivity index (χ2v) is 4.58. The van der Waals surface area contributed by atoms with E-state index in [1.54, 1.807) is 24.5 Å². The Kier molecular flexibility index (Phi) is 3.79. The van der Waals surface area contributed by atoms with Crippen LogP contribution in [0.15, 0.2) is 42.7 Å². The van der Waals surface area contributed by atoms with Gasteiger partial charge in [0.2, 0.25) is 6.61 Å². The number of anilines is 1. The van der Waals surface area contributed by atoms with Crippen molar-refractivity contribution >= 4 is 22.7 Å². The molecule has 2 N–H and O–H groups in total. The summed E-state index contributed by atoms with van der Waals surface area (Å²) in [4.78, 5) is 24.4. The summed E-state index contributed by atoms with van der Waals surface area (Å²) in [5.41, 5.74) is 1.39. The highest BCUT2D eigenvalue weighted by molar-refractivity contribution is 5.83. The Morgan fingerprint density at radius 3 is 2.87 bits per heavy atom. The number of aliphatic carboxylic acids is 1. The molecule has 3 aromatic rings. The van der Waals surface area contributed by atoms with Gasteiger partial charge in [-0.2, -0.15) is 4.73 Å². The average Bonchev–Trinajstić information content (AvgIpc) is 2.91. The van der Waals surface area contributed by atoms with E-state index in [1.165, 1.54) is 22.9 Å². The molecule has 0 saturated heterocycles. The summed E-state index contributed by atoms with van der Waals surface area (Å²) in [6.07, 6.45) is 3.14. The molecule has 0 saturated carbocycles. The number of hydrogen-bond acceptors (Lipinski definition) is 7. The first-order valence-electron chi connectivity index (χ1n) is 6.50. The standard InChI is InChI=1S/C14H11N4O5/c19-13(20)8-23-17-12-6-10(18(21)22)3-4-11(12)16-14(17)9-2-1-5-15-7-9/h1-7,21H,8H2,(H,19,20)/q-1. The van der Waals surface area contributed by atoms with Gasteiger partial charge in [0.05, 0.1) is 11.2 Å². The highest BCUT2D eigenvalue weighted by atomic mass is 16.8. The van der Waals surface area contributed by atoms with Gasteiger partial charge in [0.1, 0.15) is 5.52 Å². The van der Waals surface area contributed by atoms with Gasteiger partial charge in [0.15, 0.2) is 5.82 Å². The normalized spacial score (nSPS) is 10.7. The number of fused-ring (bicyclic) bond motifs is 1. The van der Waals surface area contributed by atoms with Crippen molar-refractivity contribution in [2.45, 2.75) is 0 Å². The number of benzene rings is 1. The van der Waals surface area contributed by atoms with Gasteiger partial charge in [-0.15, -0.1) is 0 Å². The molecule has 0 fully saturated rings. The van der Waals surface area contributed by atoms with Crippen LogP contribution >= 0.6 is 0 Å². The third-order valence-electron chi connectivity index (χ3n) is 3.05. The zero-order valence-electron chi connectivity index (χ0n) is 11.7. The first-order chi connectivity index (χ1) is 11.1. The number of rotatable bonds is 5. The Morgan fingerprint density at radius 1 is 1.39 bits per heavy atom. The van der Waals surface area contributed by atoms with E-state index in [2.05, 4.69) is 9.97 Å². The molecule has 0 amide bonds. The topological polar surface area (TPSA) is 124 Å². The van der Waals surface area contributed by atoms with Gasteiger partial charge in [-0.25, -0.2) is 9.78 Å². The summed E-state index contributed by atoms with van der Waals surface area (Å²) < 4.78 is 1.20. The Hall–Kier alpha value is -3.17. The zero-order chi connectivity index (χ0) is 16.4. The molecule has 0 spiro atoms. The van der Waals surface area contributed by atoms with Crippen molar-refractivity contribution in [3.8, 4) is 11.4 Å². The number of hydrogen-bond donors (Lipinski definition) is 2. The van der Waals surface area contributed by atoms with Gasteiger partial charge in [0, 0.05) is 18.0 Å². The maximum absolute atomic E-state index is 11.0. The minimum Gasteiger partial charge on any atom is -0.733 e. The number of nitrogens with zero attached hydrogens (tertiary/aromatic N) is 4. The van der Waals surface area contributed by atoms with Crippen LogP contribution in [0, 0.1) is 5.21 Å². The molecular weight excluding hydrogens is 304 g/mol. The summed E-state index contributed by atoms with van der Waals surface area (Å²) in [6, 6.07) is 7.69. The molecule has 0 aliphatic carbocycles. The third kappa shape index (κ3) is 2.91. The Balaban J connectivity index is 2.18. The molecule has 0 aliphatic heterocycles. The van der Waals surface area contributed by atoms with Gasteiger partial charge >= 0.3 is 5.97 Å². The number of pyridine rings is 1. The molecule has 23 heavy (non-hydrogen) atoms. The summed E-state index contributed by atoms with van der Waals surface area (Å²) in [5, 5.41) is 28.6. The minimum absolute atomic E-state index is 0.0321. The second-order valence-electron chi connectivity index (χ2n) is 4.58. The third-order valence-corrected chi connectivity index (χ3v) is 3.05.